The number of aliphatic hydroxyl groups excluding tert-OH is 1. The standard InChI is InChI=1S/C37H74NO6P/c1-3-5-7-9-11-13-15-17-19-21-23-25-27-29-31-33-37(40)38-35(34-44-45(41,42)43)36(39)32-30-28-26-24-22-20-18-16-14-12-10-8-6-4-2/h17,19,35-36,39H,3-16,18,20-34H2,1-2H3,(H,38,40)(H2,41,42,43)/b19-17-/t35-,36+/m0/s1. The number of amides is 1. The van der Waals surface area contributed by atoms with Gasteiger partial charge in [0, 0.05) is 6.42 Å². The van der Waals surface area contributed by atoms with E-state index >= 15 is 0 Å². The number of hydrogen-bond donors (Lipinski definition) is 4. The molecule has 0 aromatic heterocycles. The molecule has 1 amide bonds. The van der Waals surface area contributed by atoms with Crippen LogP contribution in [-0.4, -0.2) is 39.6 Å². The van der Waals surface area contributed by atoms with Gasteiger partial charge in [-0.15, -0.1) is 0 Å². The zero-order chi connectivity index (χ0) is 33.3. The lowest BCUT2D eigenvalue weighted by molar-refractivity contribution is -0.123. The fourth-order valence-electron chi connectivity index (χ4n) is 5.81. The largest absolute Gasteiger partial charge is 0.469 e. The molecule has 45 heavy (non-hydrogen) atoms. The van der Waals surface area contributed by atoms with Gasteiger partial charge in [0.15, 0.2) is 0 Å². The zero-order valence-electron chi connectivity index (χ0n) is 29.5. The van der Waals surface area contributed by atoms with E-state index in [-0.39, 0.29) is 5.91 Å². The van der Waals surface area contributed by atoms with Crippen LogP contribution in [0.5, 0.6) is 0 Å². The summed E-state index contributed by atoms with van der Waals surface area (Å²) in [6.07, 6.45) is 37.6. The van der Waals surface area contributed by atoms with E-state index in [2.05, 4.69) is 35.8 Å². The van der Waals surface area contributed by atoms with Crippen LogP contribution >= 0.6 is 7.82 Å². The monoisotopic (exact) mass is 660 g/mol. The Morgan fingerprint density at radius 3 is 1.42 bits per heavy atom. The van der Waals surface area contributed by atoms with Crippen molar-refractivity contribution in [1.82, 2.24) is 5.32 Å². The summed E-state index contributed by atoms with van der Waals surface area (Å²) in [6, 6.07) is -0.824. The molecular weight excluding hydrogens is 585 g/mol. The van der Waals surface area contributed by atoms with E-state index in [0.29, 0.717) is 12.8 Å². The maximum Gasteiger partial charge on any atom is 0.469 e. The lowest BCUT2D eigenvalue weighted by atomic mass is 10.0. The second-order valence-electron chi connectivity index (χ2n) is 13.2. The highest BCUT2D eigenvalue weighted by molar-refractivity contribution is 7.46. The van der Waals surface area contributed by atoms with Crippen LogP contribution in [0.3, 0.4) is 0 Å². The smallest absolute Gasteiger partial charge is 0.391 e. The van der Waals surface area contributed by atoms with Gasteiger partial charge in [0.2, 0.25) is 5.91 Å². The van der Waals surface area contributed by atoms with Crippen molar-refractivity contribution >= 4 is 13.7 Å². The summed E-state index contributed by atoms with van der Waals surface area (Å²) >= 11 is 0. The molecule has 0 aromatic rings. The zero-order valence-corrected chi connectivity index (χ0v) is 30.4. The Morgan fingerprint density at radius 2 is 1.00 bits per heavy atom. The summed E-state index contributed by atoms with van der Waals surface area (Å²) in [4.78, 5) is 30.8. The topological polar surface area (TPSA) is 116 Å². The van der Waals surface area contributed by atoms with Crippen molar-refractivity contribution in [2.24, 2.45) is 0 Å². The van der Waals surface area contributed by atoms with Gasteiger partial charge < -0.3 is 20.2 Å². The molecule has 0 aliphatic rings. The number of hydrogen-bond acceptors (Lipinski definition) is 4. The molecular formula is C37H74NO6P. The van der Waals surface area contributed by atoms with Crippen molar-refractivity contribution in [3.05, 3.63) is 12.2 Å². The molecule has 0 fully saturated rings. The van der Waals surface area contributed by atoms with Crippen molar-refractivity contribution in [2.75, 3.05) is 6.61 Å². The molecule has 0 bridgehead atoms. The highest BCUT2D eigenvalue weighted by Crippen LogP contribution is 2.36. The second kappa shape index (κ2) is 33.2. The average molecular weight is 660 g/mol. The Morgan fingerprint density at radius 1 is 0.622 bits per heavy atom. The maximum atomic E-state index is 12.5. The molecule has 0 unspecified atom stereocenters. The van der Waals surface area contributed by atoms with Crippen molar-refractivity contribution in [2.45, 2.75) is 212 Å². The third-order valence-corrected chi connectivity index (χ3v) is 9.24. The lowest BCUT2D eigenvalue weighted by Crippen LogP contribution is -2.46. The second-order valence-corrected chi connectivity index (χ2v) is 14.5. The van der Waals surface area contributed by atoms with Crippen LogP contribution in [0.4, 0.5) is 0 Å². The van der Waals surface area contributed by atoms with Gasteiger partial charge in [-0.05, 0) is 38.5 Å². The van der Waals surface area contributed by atoms with Gasteiger partial charge in [-0.2, -0.15) is 0 Å². The molecule has 0 heterocycles. The Labute approximate surface area is 278 Å². The molecule has 7 nitrogen and oxygen atoms in total. The van der Waals surface area contributed by atoms with Crippen molar-refractivity contribution < 1.29 is 28.8 Å². The summed E-state index contributed by atoms with van der Waals surface area (Å²) in [5.41, 5.74) is 0. The number of aliphatic hydroxyl groups is 1. The molecule has 2 atom stereocenters. The van der Waals surface area contributed by atoms with Crippen molar-refractivity contribution in [1.29, 1.82) is 0 Å². The predicted octanol–water partition coefficient (Wildman–Crippen LogP) is 10.9. The van der Waals surface area contributed by atoms with E-state index in [4.69, 9.17) is 9.79 Å². The third-order valence-electron chi connectivity index (χ3n) is 8.75. The van der Waals surface area contributed by atoms with E-state index in [0.717, 1.165) is 51.4 Å². The van der Waals surface area contributed by atoms with E-state index in [1.165, 1.54) is 122 Å². The number of nitrogens with one attached hydrogen (secondary N) is 1. The first-order chi connectivity index (χ1) is 21.8. The number of carbonyl (C=O) groups excluding carboxylic acids is 1. The molecule has 268 valence electrons. The lowest BCUT2D eigenvalue weighted by Gasteiger charge is -2.24. The van der Waals surface area contributed by atoms with Crippen molar-refractivity contribution in [3.8, 4) is 0 Å². The summed E-state index contributed by atoms with van der Waals surface area (Å²) in [5.74, 6) is -0.202. The van der Waals surface area contributed by atoms with E-state index < -0.39 is 26.6 Å². The summed E-state index contributed by atoms with van der Waals surface area (Å²) in [6.45, 7) is 4.11. The fraction of sp³-hybridized carbons (Fsp3) is 0.919. The van der Waals surface area contributed by atoms with Crippen LogP contribution in [-0.2, 0) is 13.9 Å². The summed E-state index contributed by atoms with van der Waals surface area (Å²) in [5, 5.41) is 13.5. The molecule has 0 aliphatic heterocycles. The molecule has 0 saturated heterocycles. The van der Waals surface area contributed by atoms with Gasteiger partial charge in [0.25, 0.3) is 0 Å². The van der Waals surface area contributed by atoms with Crippen LogP contribution in [0.2, 0.25) is 0 Å². The van der Waals surface area contributed by atoms with E-state index in [9.17, 15) is 14.5 Å². The summed E-state index contributed by atoms with van der Waals surface area (Å²) < 4.78 is 15.9. The third kappa shape index (κ3) is 34.4. The molecule has 4 N–H and O–H groups in total. The fourth-order valence-corrected chi connectivity index (χ4v) is 6.17. The number of unbranched alkanes of at least 4 members (excludes halogenated alkanes) is 24. The maximum absolute atomic E-state index is 12.5. The normalized spacial score (nSPS) is 13.4. The SMILES string of the molecule is CCCCCCCC/C=C\CCCCCCCC(=O)N[C@@H](COP(=O)(O)O)[C@H](O)CCCCCCCCCCCCCCCC. The Bertz CT molecular complexity index is 713. The van der Waals surface area contributed by atoms with Crippen LogP contribution in [0.25, 0.3) is 0 Å². The van der Waals surface area contributed by atoms with Gasteiger partial charge in [0.05, 0.1) is 18.8 Å². The molecule has 0 radical (unpaired) electrons. The number of rotatable bonds is 35. The first kappa shape index (κ1) is 44.3. The molecule has 0 spiro atoms. The molecule has 8 heteroatoms. The number of phosphoric acid groups is 1. The van der Waals surface area contributed by atoms with Gasteiger partial charge in [-0.25, -0.2) is 4.57 Å². The summed E-state index contributed by atoms with van der Waals surface area (Å²) in [7, 11) is -4.69. The highest BCUT2D eigenvalue weighted by atomic mass is 31.2. The molecule has 0 rings (SSSR count). The van der Waals surface area contributed by atoms with Crippen molar-refractivity contribution in [3.63, 3.8) is 0 Å². The Hall–Kier alpha value is -0.720. The average Bonchev–Trinajstić information content (AvgIpc) is 3.00. The number of carbonyl (C=O) groups is 1. The predicted molar refractivity (Wildman–Crippen MR) is 190 cm³/mol. The number of allylic oxidation sites excluding steroid dienone is 2. The molecule has 0 aliphatic carbocycles. The Kier molecular flexibility index (Phi) is 32.7. The minimum atomic E-state index is -4.69. The first-order valence-corrected chi connectivity index (χ1v) is 20.7. The van der Waals surface area contributed by atoms with Crippen LogP contribution in [0, 0.1) is 0 Å². The quantitative estimate of drug-likeness (QED) is 0.0306. The van der Waals surface area contributed by atoms with Gasteiger partial charge in [-0.3, -0.25) is 9.32 Å². The molecule has 0 saturated carbocycles. The minimum Gasteiger partial charge on any atom is -0.391 e. The van der Waals surface area contributed by atoms with Crippen LogP contribution in [0.15, 0.2) is 12.2 Å². The van der Waals surface area contributed by atoms with Crippen LogP contribution < -0.4 is 5.32 Å². The van der Waals surface area contributed by atoms with Crippen LogP contribution in [0.1, 0.15) is 200 Å². The number of phosphoric ester groups is 1. The van der Waals surface area contributed by atoms with Gasteiger partial charge in [-0.1, -0.05) is 167 Å². The van der Waals surface area contributed by atoms with E-state index in [1.807, 2.05) is 0 Å². The first-order valence-electron chi connectivity index (χ1n) is 19.1. The van der Waals surface area contributed by atoms with E-state index in [1.54, 1.807) is 0 Å². The molecule has 0 aromatic carbocycles. The van der Waals surface area contributed by atoms with Gasteiger partial charge in [0.1, 0.15) is 0 Å². The Balaban J connectivity index is 3.98. The van der Waals surface area contributed by atoms with Gasteiger partial charge >= 0.3 is 7.82 Å². The highest BCUT2D eigenvalue weighted by Gasteiger charge is 2.25. The minimum absolute atomic E-state index is 0.202.